The van der Waals surface area contributed by atoms with Crippen LogP contribution in [-0.2, 0) is 19.1 Å². The van der Waals surface area contributed by atoms with E-state index in [2.05, 4.69) is 10.1 Å². The fourth-order valence-electron chi connectivity index (χ4n) is 1.35. The monoisotopic (exact) mass is 329 g/mol. The molecule has 0 radical (unpaired) electrons. The van der Waals surface area contributed by atoms with Crippen LogP contribution in [0.3, 0.4) is 0 Å². The zero-order valence-electron chi connectivity index (χ0n) is 14.1. The maximum absolute atomic E-state index is 13.4. The molecule has 1 N–H and O–H groups in total. The molecule has 0 saturated heterocycles. The van der Waals surface area contributed by atoms with Crippen LogP contribution in [-0.4, -0.2) is 36.1 Å². The summed E-state index contributed by atoms with van der Waals surface area (Å²) in [5.41, 5.74) is -0.670. The summed E-state index contributed by atoms with van der Waals surface area (Å²) in [6, 6.07) is -0.817. The molecule has 0 unspecified atom stereocenters. The van der Waals surface area contributed by atoms with Gasteiger partial charge in [0.2, 0.25) is 0 Å². The Kier molecular flexibility index (Phi) is 8.83. The summed E-state index contributed by atoms with van der Waals surface area (Å²) in [6.07, 6.45) is 1.92. The second kappa shape index (κ2) is 9.76. The van der Waals surface area contributed by atoms with E-state index in [0.29, 0.717) is 0 Å². The Balaban J connectivity index is 4.39. The summed E-state index contributed by atoms with van der Waals surface area (Å²) in [5, 5.41) is 2.37. The van der Waals surface area contributed by atoms with Crippen LogP contribution in [0.5, 0.6) is 0 Å². The van der Waals surface area contributed by atoms with Crippen molar-refractivity contribution < 1.29 is 28.2 Å². The first-order valence-corrected chi connectivity index (χ1v) is 7.28. The second-order valence-corrected chi connectivity index (χ2v) is 5.71. The average Bonchev–Trinajstić information content (AvgIpc) is 2.40. The summed E-state index contributed by atoms with van der Waals surface area (Å²) in [7, 11) is 0. The topological polar surface area (TPSA) is 81.7 Å². The molecule has 0 aromatic heterocycles. The van der Waals surface area contributed by atoms with E-state index in [-0.39, 0.29) is 13.0 Å². The molecule has 0 aromatic rings. The number of esters is 1. The number of amides is 1. The Morgan fingerprint density at radius 3 is 2.35 bits per heavy atom. The fraction of sp³-hybridized carbons (Fsp3) is 0.562. The lowest BCUT2D eigenvalue weighted by Crippen LogP contribution is -2.41. The summed E-state index contributed by atoms with van der Waals surface area (Å²) >= 11 is 0. The Bertz CT molecular complexity index is 491. The third kappa shape index (κ3) is 11.1. The quantitative estimate of drug-likeness (QED) is 0.441. The predicted molar refractivity (Wildman–Crippen MR) is 83.4 cm³/mol. The van der Waals surface area contributed by atoms with Crippen LogP contribution in [0.2, 0.25) is 0 Å². The van der Waals surface area contributed by atoms with Crippen LogP contribution in [0, 0.1) is 0 Å². The van der Waals surface area contributed by atoms with Gasteiger partial charge in [0.05, 0.1) is 12.6 Å². The third-order valence-corrected chi connectivity index (χ3v) is 2.38. The minimum atomic E-state index is -0.817. The van der Waals surface area contributed by atoms with Gasteiger partial charge in [0.1, 0.15) is 11.4 Å². The normalized spacial score (nSPS) is 13.6. The Morgan fingerprint density at radius 1 is 1.22 bits per heavy atom. The summed E-state index contributed by atoms with van der Waals surface area (Å²) in [5.74, 6) is -1.80. The van der Waals surface area contributed by atoms with Gasteiger partial charge in [-0.2, -0.15) is 0 Å². The molecular weight excluding hydrogens is 305 g/mol. The van der Waals surface area contributed by atoms with Crippen molar-refractivity contribution in [1.29, 1.82) is 0 Å². The highest BCUT2D eigenvalue weighted by molar-refractivity contribution is 5.88. The molecule has 0 bridgehead atoms. The number of nitrogens with one attached hydrogen (secondary N) is 1. The van der Waals surface area contributed by atoms with E-state index >= 15 is 0 Å². The second-order valence-electron chi connectivity index (χ2n) is 5.71. The molecule has 6 nitrogen and oxygen atoms in total. The first-order chi connectivity index (χ1) is 10.5. The lowest BCUT2D eigenvalue weighted by molar-refractivity contribution is -0.137. The number of ketones is 1. The smallest absolute Gasteiger partial charge is 0.408 e. The number of alkyl carbamates (subject to hydrolysis) is 1. The van der Waals surface area contributed by atoms with Gasteiger partial charge in [-0.3, -0.25) is 4.79 Å². The Labute approximate surface area is 135 Å². The van der Waals surface area contributed by atoms with Gasteiger partial charge in [-0.25, -0.2) is 14.0 Å². The number of ether oxygens (including phenoxy) is 2. The van der Waals surface area contributed by atoms with Crippen molar-refractivity contribution in [3.05, 3.63) is 24.1 Å². The van der Waals surface area contributed by atoms with Crippen molar-refractivity contribution in [3.8, 4) is 0 Å². The van der Waals surface area contributed by atoms with Gasteiger partial charge in [0.25, 0.3) is 0 Å². The first kappa shape index (κ1) is 20.8. The molecule has 0 aliphatic rings. The highest BCUT2D eigenvalue weighted by Crippen LogP contribution is 2.07. The van der Waals surface area contributed by atoms with E-state index < -0.39 is 35.3 Å². The van der Waals surface area contributed by atoms with Crippen LogP contribution in [0.15, 0.2) is 24.1 Å². The molecule has 0 aromatic carbocycles. The van der Waals surface area contributed by atoms with Gasteiger partial charge < -0.3 is 14.8 Å². The van der Waals surface area contributed by atoms with E-state index in [9.17, 15) is 18.8 Å². The van der Waals surface area contributed by atoms with Crippen molar-refractivity contribution in [2.75, 3.05) is 6.61 Å². The maximum Gasteiger partial charge on any atom is 0.408 e. The standard InChI is InChI=1S/C16H24FNO5/c1-6-22-14(20)10-8-12(17)7-9-13(19)11(2)18-15(21)23-16(3,4)5/h7-8,10-11H,6,9H2,1-5H3,(H,18,21)/b10-8+,12-7-/t11-/m0/s1. The molecule has 0 aliphatic heterocycles. The van der Waals surface area contributed by atoms with Crippen molar-refractivity contribution >= 4 is 17.8 Å². The van der Waals surface area contributed by atoms with Crippen molar-refractivity contribution in [3.63, 3.8) is 0 Å². The Morgan fingerprint density at radius 2 is 1.83 bits per heavy atom. The summed E-state index contributed by atoms with van der Waals surface area (Å²) < 4.78 is 23.0. The third-order valence-electron chi connectivity index (χ3n) is 2.38. The van der Waals surface area contributed by atoms with E-state index in [1.165, 1.54) is 6.92 Å². The molecule has 23 heavy (non-hydrogen) atoms. The number of halogens is 1. The van der Waals surface area contributed by atoms with E-state index in [0.717, 1.165) is 18.2 Å². The zero-order chi connectivity index (χ0) is 18.0. The fourth-order valence-corrected chi connectivity index (χ4v) is 1.35. The number of rotatable bonds is 7. The van der Waals surface area contributed by atoms with Gasteiger partial charge in [-0.05, 0) is 46.8 Å². The SMILES string of the molecule is CCOC(=O)/C=C/C(F)=C/CC(=O)[C@H](C)NC(=O)OC(C)(C)C. The maximum atomic E-state index is 13.4. The van der Waals surface area contributed by atoms with E-state index in [1.54, 1.807) is 27.7 Å². The number of hydrogen-bond acceptors (Lipinski definition) is 5. The van der Waals surface area contributed by atoms with Gasteiger partial charge in [-0.1, -0.05) is 0 Å². The lowest BCUT2D eigenvalue weighted by atomic mass is 10.1. The van der Waals surface area contributed by atoms with Crippen LogP contribution in [0.25, 0.3) is 0 Å². The molecule has 1 amide bonds. The molecule has 0 aliphatic carbocycles. The minimum Gasteiger partial charge on any atom is -0.463 e. The lowest BCUT2D eigenvalue weighted by Gasteiger charge is -2.21. The van der Waals surface area contributed by atoms with Crippen molar-refractivity contribution in [1.82, 2.24) is 5.32 Å². The van der Waals surface area contributed by atoms with Gasteiger partial charge in [0.15, 0.2) is 5.78 Å². The summed E-state index contributed by atoms with van der Waals surface area (Å²) in [4.78, 5) is 34.3. The van der Waals surface area contributed by atoms with Gasteiger partial charge >= 0.3 is 12.1 Å². The molecule has 0 saturated carbocycles. The first-order valence-electron chi connectivity index (χ1n) is 7.28. The zero-order valence-corrected chi connectivity index (χ0v) is 14.1. The molecular formula is C16H24FNO5. The number of hydrogen-bond donors (Lipinski definition) is 1. The van der Waals surface area contributed by atoms with Crippen molar-refractivity contribution in [2.24, 2.45) is 0 Å². The van der Waals surface area contributed by atoms with Crippen LogP contribution in [0.4, 0.5) is 9.18 Å². The van der Waals surface area contributed by atoms with E-state index in [4.69, 9.17) is 4.74 Å². The number of Topliss-reactive ketones (excluding diaryl/α,β-unsaturated/α-hetero) is 1. The molecule has 0 spiro atoms. The molecule has 1 atom stereocenters. The predicted octanol–water partition coefficient (Wildman–Crippen LogP) is 2.83. The minimum absolute atomic E-state index is 0.195. The molecule has 0 heterocycles. The molecule has 0 rings (SSSR count). The van der Waals surface area contributed by atoms with Crippen LogP contribution in [0.1, 0.15) is 41.0 Å². The van der Waals surface area contributed by atoms with Crippen LogP contribution < -0.4 is 5.32 Å². The van der Waals surface area contributed by atoms with Gasteiger partial charge in [0, 0.05) is 12.5 Å². The number of carbonyl (C=O) groups is 3. The van der Waals surface area contributed by atoms with Gasteiger partial charge in [-0.15, -0.1) is 0 Å². The summed E-state index contributed by atoms with van der Waals surface area (Å²) in [6.45, 7) is 8.41. The highest BCUT2D eigenvalue weighted by atomic mass is 19.1. The van der Waals surface area contributed by atoms with Crippen LogP contribution >= 0.6 is 0 Å². The molecule has 7 heteroatoms. The molecule has 0 fully saturated rings. The van der Waals surface area contributed by atoms with Crippen molar-refractivity contribution in [2.45, 2.75) is 52.7 Å². The number of carbonyl (C=O) groups excluding carboxylic acids is 3. The molecule has 130 valence electrons. The largest absolute Gasteiger partial charge is 0.463 e. The number of allylic oxidation sites excluding steroid dienone is 3. The van der Waals surface area contributed by atoms with E-state index in [1.807, 2.05) is 0 Å². The highest BCUT2D eigenvalue weighted by Gasteiger charge is 2.20. The average molecular weight is 329 g/mol. The Hall–Kier alpha value is -2.18.